The van der Waals surface area contributed by atoms with Crippen molar-refractivity contribution in [2.75, 3.05) is 11.9 Å². The van der Waals surface area contributed by atoms with Gasteiger partial charge in [-0.15, -0.1) is 0 Å². The van der Waals surface area contributed by atoms with Crippen LogP contribution in [-0.4, -0.2) is 16.6 Å². The van der Waals surface area contributed by atoms with Crippen LogP contribution in [0, 0.1) is 6.92 Å². The zero-order valence-electron chi connectivity index (χ0n) is 13.7. The van der Waals surface area contributed by atoms with Gasteiger partial charge in [0.15, 0.2) is 0 Å². The van der Waals surface area contributed by atoms with Crippen LogP contribution in [0.1, 0.15) is 22.9 Å². The minimum absolute atomic E-state index is 0.00304. The Morgan fingerprint density at radius 2 is 1.67 bits per heavy atom. The van der Waals surface area contributed by atoms with E-state index in [2.05, 4.69) is 39.6 Å². The van der Waals surface area contributed by atoms with Crippen LogP contribution >= 0.6 is 0 Å². The fourth-order valence-corrected chi connectivity index (χ4v) is 2.45. The number of hydrogen-bond acceptors (Lipinski definition) is 4. The number of rotatable bonds is 7. The van der Waals surface area contributed by atoms with Crippen molar-refractivity contribution in [2.24, 2.45) is 0 Å². The van der Waals surface area contributed by atoms with Gasteiger partial charge in [-0.1, -0.05) is 60.7 Å². The number of nitrogens with zero attached hydrogens (tertiary/aromatic N) is 2. The minimum Gasteiger partial charge on any atom is -0.374 e. The lowest BCUT2D eigenvalue weighted by atomic mass is 10.1. The first kappa shape index (κ1) is 16.1. The summed E-state index contributed by atoms with van der Waals surface area (Å²) in [5, 5.41) is 3.38. The summed E-state index contributed by atoms with van der Waals surface area (Å²) in [5.41, 5.74) is 3.25. The Labute approximate surface area is 142 Å². The summed E-state index contributed by atoms with van der Waals surface area (Å²) in [6.07, 6.45) is 1.76. The lowest BCUT2D eigenvalue weighted by Crippen LogP contribution is -2.18. The Kier molecular flexibility index (Phi) is 5.53. The van der Waals surface area contributed by atoms with Crippen molar-refractivity contribution in [1.29, 1.82) is 0 Å². The molecule has 1 heterocycles. The van der Waals surface area contributed by atoms with Gasteiger partial charge in [-0.2, -0.15) is 0 Å². The number of ether oxygens (including phenoxy) is 1. The molecule has 0 radical (unpaired) electrons. The van der Waals surface area contributed by atoms with Crippen LogP contribution in [0.4, 0.5) is 5.95 Å². The van der Waals surface area contributed by atoms with Crippen LogP contribution in [-0.2, 0) is 11.3 Å². The molecule has 0 aliphatic rings. The number of aromatic nitrogens is 2. The topological polar surface area (TPSA) is 47.0 Å². The summed E-state index contributed by atoms with van der Waals surface area (Å²) in [4.78, 5) is 8.72. The standard InChI is InChI=1S/C20H21N3O/c1-16-12-13-21-20(22-16)23-19(18-10-6-3-7-11-18)15-24-14-17-8-4-2-5-9-17/h2-13,19H,14-15H2,1H3,(H,21,22,23). The summed E-state index contributed by atoms with van der Waals surface area (Å²) in [7, 11) is 0. The second-order valence-corrected chi connectivity index (χ2v) is 5.63. The SMILES string of the molecule is Cc1ccnc(NC(COCc2ccccc2)c2ccccc2)n1. The molecule has 0 fully saturated rings. The number of hydrogen-bond donors (Lipinski definition) is 1. The molecule has 2 aromatic carbocycles. The molecule has 0 aliphatic carbocycles. The van der Waals surface area contributed by atoms with E-state index < -0.39 is 0 Å². The molecule has 1 aromatic heterocycles. The third-order valence-electron chi connectivity index (χ3n) is 3.70. The van der Waals surface area contributed by atoms with Crippen LogP contribution in [0.2, 0.25) is 0 Å². The van der Waals surface area contributed by atoms with E-state index in [0.29, 0.717) is 19.2 Å². The van der Waals surface area contributed by atoms with Gasteiger partial charge < -0.3 is 10.1 Å². The molecule has 1 unspecified atom stereocenters. The first-order chi connectivity index (χ1) is 11.8. The van der Waals surface area contributed by atoms with E-state index >= 15 is 0 Å². The van der Waals surface area contributed by atoms with Crippen molar-refractivity contribution >= 4 is 5.95 Å². The molecule has 1 atom stereocenters. The molecule has 0 aliphatic heterocycles. The average molecular weight is 319 g/mol. The van der Waals surface area contributed by atoms with Gasteiger partial charge in [0.05, 0.1) is 19.3 Å². The highest BCUT2D eigenvalue weighted by atomic mass is 16.5. The fourth-order valence-electron chi connectivity index (χ4n) is 2.45. The van der Waals surface area contributed by atoms with E-state index in [1.54, 1.807) is 6.20 Å². The van der Waals surface area contributed by atoms with Gasteiger partial charge in [0.25, 0.3) is 0 Å². The maximum atomic E-state index is 5.92. The molecule has 4 nitrogen and oxygen atoms in total. The molecule has 0 amide bonds. The number of aryl methyl sites for hydroxylation is 1. The molecule has 4 heteroatoms. The third kappa shape index (κ3) is 4.64. The summed E-state index contributed by atoms with van der Waals surface area (Å²) in [6.45, 7) is 3.08. The highest BCUT2D eigenvalue weighted by Gasteiger charge is 2.13. The molecule has 3 aromatic rings. The molecule has 0 saturated heterocycles. The fraction of sp³-hybridized carbons (Fsp3) is 0.200. The van der Waals surface area contributed by atoms with Gasteiger partial charge in [-0.3, -0.25) is 0 Å². The van der Waals surface area contributed by atoms with Crippen LogP contribution in [0.3, 0.4) is 0 Å². The van der Waals surface area contributed by atoms with Crippen LogP contribution in [0.25, 0.3) is 0 Å². The van der Waals surface area contributed by atoms with Gasteiger partial charge in [0.2, 0.25) is 5.95 Å². The number of nitrogens with one attached hydrogen (secondary N) is 1. The van der Waals surface area contributed by atoms with Crippen molar-refractivity contribution in [2.45, 2.75) is 19.6 Å². The molecule has 24 heavy (non-hydrogen) atoms. The Balaban J connectivity index is 1.68. The van der Waals surface area contributed by atoms with Crippen molar-refractivity contribution in [3.63, 3.8) is 0 Å². The smallest absolute Gasteiger partial charge is 0.223 e. The second-order valence-electron chi connectivity index (χ2n) is 5.63. The van der Waals surface area contributed by atoms with Gasteiger partial charge in [0.1, 0.15) is 0 Å². The Hall–Kier alpha value is -2.72. The zero-order valence-corrected chi connectivity index (χ0v) is 13.7. The maximum Gasteiger partial charge on any atom is 0.223 e. The third-order valence-corrected chi connectivity index (χ3v) is 3.70. The molecule has 3 rings (SSSR count). The normalized spacial score (nSPS) is 11.9. The maximum absolute atomic E-state index is 5.92. The van der Waals surface area contributed by atoms with Crippen LogP contribution in [0.15, 0.2) is 72.9 Å². The summed E-state index contributed by atoms with van der Waals surface area (Å²) in [6, 6.07) is 22.3. The molecular formula is C20H21N3O. The Bertz CT molecular complexity index is 747. The van der Waals surface area contributed by atoms with Gasteiger partial charge in [0, 0.05) is 11.9 Å². The summed E-state index contributed by atoms with van der Waals surface area (Å²) < 4.78 is 5.92. The van der Waals surface area contributed by atoms with Crippen LogP contribution in [0.5, 0.6) is 0 Å². The number of anilines is 1. The molecule has 1 N–H and O–H groups in total. The predicted molar refractivity (Wildman–Crippen MR) is 95.7 cm³/mol. The Morgan fingerprint density at radius 3 is 2.38 bits per heavy atom. The lowest BCUT2D eigenvalue weighted by molar-refractivity contribution is 0.112. The highest BCUT2D eigenvalue weighted by Crippen LogP contribution is 2.18. The Morgan fingerprint density at radius 1 is 0.958 bits per heavy atom. The van der Waals surface area contributed by atoms with Gasteiger partial charge in [-0.05, 0) is 24.1 Å². The molecule has 0 spiro atoms. The largest absolute Gasteiger partial charge is 0.374 e. The van der Waals surface area contributed by atoms with Crippen molar-refractivity contribution in [1.82, 2.24) is 9.97 Å². The first-order valence-electron chi connectivity index (χ1n) is 8.04. The minimum atomic E-state index is -0.00304. The second kappa shape index (κ2) is 8.22. The van der Waals surface area contributed by atoms with Gasteiger partial charge >= 0.3 is 0 Å². The van der Waals surface area contributed by atoms with E-state index in [-0.39, 0.29) is 6.04 Å². The summed E-state index contributed by atoms with van der Waals surface area (Å²) in [5.74, 6) is 0.618. The van der Waals surface area contributed by atoms with Crippen molar-refractivity contribution < 1.29 is 4.74 Å². The first-order valence-corrected chi connectivity index (χ1v) is 8.04. The molecule has 122 valence electrons. The highest BCUT2D eigenvalue weighted by molar-refractivity contribution is 5.32. The summed E-state index contributed by atoms with van der Waals surface area (Å²) >= 11 is 0. The molecule has 0 saturated carbocycles. The van der Waals surface area contributed by atoms with E-state index in [4.69, 9.17) is 4.74 Å². The van der Waals surface area contributed by atoms with E-state index in [9.17, 15) is 0 Å². The van der Waals surface area contributed by atoms with Crippen molar-refractivity contribution in [3.8, 4) is 0 Å². The quantitative estimate of drug-likeness (QED) is 0.710. The van der Waals surface area contributed by atoms with E-state index in [1.165, 1.54) is 0 Å². The van der Waals surface area contributed by atoms with E-state index in [0.717, 1.165) is 16.8 Å². The van der Waals surface area contributed by atoms with Gasteiger partial charge in [-0.25, -0.2) is 9.97 Å². The van der Waals surface area contributed by atoms with Crippen molar-refractivity contribution in [3.05, 3.63) is 89.7 Å². The lowest BCUT2D eigenvalue weighted by Gasteiger charge is -2.19. The average Bonchev–Trinajstić information content (AvgIpc) is 2.63. The molecule has 0 bridgehead atoms. The molecular weight excluding hydrogens is 298 g/mol. The zero-order chi connectivity index (χ0) is 16.6. The predicted octanol–water partition coefficient (Wildman–Crippen LogP) is 4.16. The number of benzene rings is 2. The van der Waals surface area contributed by atoms with E-state index in [1.807, 2.05) is 49.4 Å². The monoisotopic (exact) mass is 319 g/mol. The van der Waals surface area contributed by atoms with Crippen LogP contribution < -0.4 is 5.32 Å².